The number of morpholine rings is 1. The van der Waals surface area contributed by atoms with Crippen molar-refractivity contribution in [3.05, 3.63) is 29.3 Å². The van der Waals surface area contributed by atoms with Crippen LogP contribution in [0, 0.1) is 11.3 Å². The summed E-state index contributed by atoms with van der Waals surface area (Å²) in [5, 5.41) is 12.2. The number of benzene rings is 1. The van der Waals surface area contributed by atoms with Gasteiger partial charge in [0.05, 0.1) is 26.4 Å². The Morgan fingerprint density at radius 2 is 2.22 bits per heavy atom. The highest BCUT2D eigenvalue weighted by Crippen LogP contribution is 2.28. The van der Waals surface area contributed by atoms with Gasteiger partial charge in [0, 0.05) is 43.6 Å². The number of amides is 1. The number of ether oxygens (including phenoxy) is 3. The minimum atomic E-state index is -0.396. The molecule has 144 valence electrons. The standard InChI is InChI=1S/C20H25N3O4/c1-25-19-12-17(23-6-9-26-10-7-23)5-4-15(19)11-16(13-21)20(24)22-14-18-3-2-8-27-18/h4-5,11-12,18H,2-3,6-10,14H2,1H3,(H,22,24)/b16-11+/t18-/m0/s1. The van der Waals surface area contributed by atoms with Crippen LogP contribution < -0.4 is 15.0 Å². The van der Waals surface area contributed by atoms with Crippen molar-refractivity contribution in [2.45, 2.75) is 18.9 Å². The van der Waals surface area contributed by atoms with Crippen molar-refractivity contribution in [1.82, 2.24) is 5.32 Å². The maximum Gasteiger partial charge on any atom is 0.262 e. The largest absolute Gasteiger partial charge is 0.496 e. The lowest BCUT2D eigenvalue weighted by atomic mass is 10.1. The molecule has 0 aliphatic carbocycles. The fourth-order valence-electron chi connectivity index (χ4n) is 3.25. The van der Waals surface area contributed by atoms with Gasteiger partial charge in [0.15, 0.2) is 0 Å². The van der Waals surface area contributed by atoms with Crippen LogP contribution in [-0.2, 0) is 14.3 Å². The van der Waals surface area contributed by atoms with Crippen molar-refractivity contribution in [2.75, 3.05) is 51.5 Å². The van der Waals surface area contributed by atoms with E-state index < -0.39 is 5.91 Å². The molecule has 1 aromatic rings. The van der Waals surface area contributed by atoms with Crippen molar-refractivity contribution in [3.63, 3.8) is 0 Å². The van der Waals surface area contributed by atoms with E-state index in [2.05, 4.69) is 10.2 Å². The zero-order chi connectivity index (χ0) is 19.1. The first kappa shape index (κ1) is 19.2. The lowest BCUT2D eigenvalue weighted by molar-refractivity contribution is -0.117. The van der Waals surface area contributed by atoms with Gasteiger partial charge in [-0.15, -0.1) is 0 Å². The van der Waals surface area contributed by atoms with Gasteiger partial charge in [0.1, 0.15) is 17.4 Å². The molecule has 27 heavy (non-hydrogen) atoms. The Hall–Kier alpha value is -2.56. The van der Waals surface area contributed by atoms with Gasteiger partial charge < -0.3 is 24.4 Å². The summed E-state index contributed by atoms with van der Waals surface area (Å²) in [4.78, 5) is 14.6. The molecule has 0 unspecified atom stereocenters. The van der Waals surface area contributed by atoms with Crippen LogP contribution in [0.2, 0.25) is 0 Å². The van der Waals surface area contributed by atoms with Gasteiger partial charge in [-0.05, 0) is 31.1 Å². The van der Waals surface area contributed by atoms with E-state index in [1.165, 1.54) is 0 Å². The number of hydrogen-bond donors (Lipinski definition) is 1. The summed E-state index contributed by atoms with van der Waals surface area (Å²) in [5.74, 6) is 0.228. The van der Waals surface area contributed by atoms with Crippen LogP contribution >= 0.6 is 0 Å². The number of anilines is 1. The van der Waals surface area contributed by atoms with Crippen LogP contribution in [0.5, 0.6) is 5.75 Å². The van der Waals surface area contributed by atoms with Crippen LogP contribution in [-0.4, -0.2) is 58.6 Å². The highest BCUT2D eigenvalue weighted by Gasteiger charge is 2.18. The number of nitriles is 1. The molecule has 2 heterocycles. The normalized spacial score (nSPS) is 20.2. The topological polar surface area (TPSA) is 83.8 Å². The van der Waals surface area contributed by atoms with Gasteiger partial charge in [-0.2, -0.15) is 5.26 Å². The fourth-order valence-corrected chi connectivity index (χ4v) is 3.25. The Balaban J connectivity index is 1.72. The second-order valence-electron chi connectivity index (χ2n) is 6.54. The number of rotatable bonds is 6. The summed E-state index contributed by atoms with van der Waals surface area (Å²) in [7, 11) is 1.58. The molecule has 2 aliphatic heterocycles. The average molecular weight is 371 g/mol. The smallest absolute Gasteiger partial charge is 0.262 e. The van der Waals surface area contributed by atoms with Gasteiger partial charge in [-0.25, -0.2) is 0 Å². The number of carbonyl (C=O) groups is 1. The molecule has 2 fully saturated rings. The molecule has 7 nitrogen and oxygen atoms in total. The summed E-state index contributed by atoms with van der Waals surface area (Å²) >= 11 is 0. The summed E-state index contributed by atoms with van der Waals surface area (Å²) in [5.41, 5.74) is 1.78. The first-order valence-electron chi connectivity index (χ1n) is 9.23. The molecule has 1 N–H and O–H groups in total. The molecule has 0 radical (unpaired) electrons. The molecule has 0 aromatic heterocycles. The predicted molar refractivity (Wildman–Crippen MR) is 102 cm³/mol. The third-order valence-electron chi connectivity index (χ3n) is 4.77. The second kappa shape index (κ2) is 9.40. The zero-order valence-electron chi connectivity index (χ0n) is 15.6. The predicted octanol–water partition coefficient (Wildman–Crippen LogP) is 1.73. The van der Waals surface area contributed by atoms with E-state index in [1.807, 2.05) is 24.3 Å². The van der Waals surface area contributed by atoms with E-state index >= 15 is 0 Å². The van der Waals surface area contributed by atoms with Crippen molar-refractivity contribution in [2.24, 2.45) is 0 Å². The van der Waals surface area contributed by atoms with Crippen molar-refractivity contribution >= 4 is 17.7 Å². The van der Waals surface area contributed by atoms with Crippen molar-refractivity contribution in [1.29, 1.82) is 5.26 Å². The van der Waals surface area contributed by atoms with E-state index in [9.17, 15) is 10.1 Å². The molecule has 0 bridgehead atoms. The molecule has 0 spiro atoms. The number of carbonyl (C=O) groups excluding carboxylic acids is 1. The Morgan fingerprint density at radius 1 is 1.41 bits per heavy atom. The molecule has 2 aliphatic rings. The third kappa shape index (κ3) is 5.00. The van der Waals surface area contributed by atoms with E-state index in [-0.39, 0.29) is 11.7 Å². The van der Waals surface area contributed by atoms with Gasteiger partial charge in [0.2, 0.25) is 0 Å². The Morgan fingerprint density at radius 3 is 2.89 bits per heavy atom. The molecule has 0 saturated carbocycles. The molecular formula is C20H25N3O4. The van der Waals surface area contributed by atoms with Gasteiger partial charge >= 0.3 is 0 Å². The Bertz CT molecular complexity index is 729. The van der Waals surface area contributed by atoms with Crippen LogP contribution in [0.25, 0.3) is 6.08 Å². The molecule has 1 aromatic carbocycles. The van der Waals surface area contributed by atoms with Crippen molar-refractivity contribution in [3.8, 4) is 11.8 Å². The quantitative estimate of drug-likeness (QED) is 0.606. The van der Waals surface area contributed by atoms with Crippen LogP contribution in [0.15, 0.2) is 23.8 Å². The van der Waals surface area contributed by atoms with Gasteiger partial charge in [-0.3, -0.25) is 4.79 Å². The number of hydrogen-bond acceptors (Lipinski definition) is 6. The van der Waals surface area contributed by atoms with Crippen molar-refractivity contribution < 1.29 is 19.0 Å². The molecule has 7 heteroatoms. The molecule has 1 amide bonds. The molecule has 1 atom stereocenters. The third-order valence-corrected chi connectivity index (χ3v) is 4.77. The zero-order valence-corrected chi connectivity index (χ0v) is 15.6. The van der Waals surface area contributed by atoms with Crippen LogP contribution in [0.4, 0.5) is 5.69 Å². The summed E-state index contributed by atoms with van der Waals surface area (Å²) in [6, 6.07) is 7.75. The lowest BCUT2D eigenvalue weighted by Crippen LogP contribution is -2.36. The van der Waals surface area contributed by atoms with E-state index in [1.54, 1.807) is 13.2 Å². The number of nitrogens with zero attached hydrogens (tertiary/aromatic N) is 2. The SMILES string of the molecule is COc1cc(N2CCOCC2)ccc1/C=C(\C#N)C(=O)NC[C@@H]1CCCO1. The first-order chi connectivity index (χ1) is 13.2. The summed E-state index contributed by atoms with van der Waals surface area (Å²) in [6.07, 6.45) is 3.54. The molecule has 2 saturated heterocycles. The minimum Gasteiger partial charge on any atom is -0.496 e. The molecular weight excluding hydrogens is 346 g/mol. The monoisotopic (exact) mass is 371 g/mol. The van der Waals surface area contributed by atoms with Gasteiger partial charge in [-0.1, -0.05) is 0 Å². The lowest BCUT2D eigenvalue weighted by Gasteiger charge is -2.29. The number of methoxy groups -OCH3 is 1. The maximum absolute atomic E-state index is 12.3. The molecule has 3 rings (SSSR count). The van der Waals surface area contributed by atoms with Gasteiger partial charge in [0.25, 0.3) is 5.91 Å². The van der Waals surface area contributed by atoms with Crippen LogP contribution in [0.1, 0.15) is 18.4 Å². The highest BCUT2D eigenvalue weighted by atomic mass is 16.5. The van der Waals surface area contributed by atoms with E-state index in [0.29, 0.717) is 31.1 Å². The minimum absolute atomic E-state index is 0.0382. The van der Waals surface area contributed by atoms with E-state index in [4.69, 9.17) is 14.2 Å². The first-order valence-corrected chi connectivity index (χ1v) is 9.23. The number of nitrogens with one attached hydrogen (secondary N) is 1. The van der Waals surface area contributed by atoms with Crippen LogP contribution in [0.3, 0.4) is 0 Å². The Kier molecular flexibility index (Phi) is 6.69. The summed E-state index contributed by atoms with van der Waals surface area (Å²) < 4.78 is 16.4. The maximum atomic E-state index is 12.3. The fraction of sp³-hybridized carbons (Fsp3) is 0.500. The Labute approximate surface area is 159 Å². The van der Waals surface area contributed by atoms with E-state index in [0.717, 1.165) is 38.2 Å². The summed E-state index contributed by atoms with van der Waals surface area (Å²) in [6.45, 7) is 4.21. The average Bonchev–Trinajstić information content (AvgIpc) is 3.24. The highest BCUT2D eigenvalue weighted by molar-refractivity contribution is 6.02. The second-order valence-corrected chi connectivity index (χ2v) is 6.54.